The van der Waals surface area contributed by atoms with E-state index in [-0.39, 0.29) is 32.1 Å². The topological polar surface area (TPSA) is 137 Å². The van der Waals surface area contributed by atoms with E-state index in [9.17, 15) is 27.9 Å². The fraction of sp³-hybridized carbons (Fsp3) is 0.0870. The summed E-state index contributed by atoms with van der Waals surface area (Å²) in [5.74, 6) is -2.80. The molecule has 0 aliphatic heterocycles. The fourth-order valence-electron chi connectivity index (χ4n) is 3.66. The maximum atomic E-state index is 13.2. The number of rotatable bonds is 7. The molecule has 12 heteroatoms. The van der Waals surface area contributed by atoms with Crippen LogP contribution >= 0.6 is 34.5 Å². The summed E-state index contributed by atoms with van der Waals surface area (Å²) >= 11 is 13.0. The molecule has 2 aromatic carbocycles. The number of Topliss-reactive ketones (excluding diaryl/α,β-unsaturated/α-hetero) is 1. The van der Waals surface area contributed by atoms with E-state index < -0.39 is 44.3 Å². The lowest BCUT2D eigenvalue weighted by Crippen LogP contribution is -2.28. The average Bonchev–Trinajstić information content (AvgIpc) is 3.23. The zero-order chi connectivity index (χ0) is 25.5. The van der Waals surface area contributed by atoms with Crippen molar-refractivity contribution in [2.45, 2.75) is 10.6 Å². The largest absolute Gasteiger partial charge is 0.505 e. The van der Waals surface area contributed by atoms with Crippen LogP contribution in [-0.4, -0.2) is 35.5 Å². The molecule has 4 aromatic rings. The smallest absolute Gasteiger partial charge is 0.269 e. The van der Waals surface area contributed by atoms with Crippen LogP contribution in [-0.2, 0) is 21.1 Å². The Morgan fingerprint density at radius 3 is 2.31 bits per heavy atom. The molecule has 1 amide bonds. The van der Waals surface area contributed by atoms with Gasteiger partial charge in [0, 0.05) is 11.8 Å². The van der Waals surface area contributed by atoms with Gasteiger partial charge in [-0.1, -0.05) is 47.5 Å². The predicted octanol–water partition coefficient (Wildman–Crippen LogP) is 3.75. The van der Waals surface area contributed by atoms with Crippen molar-refractivity contribution >= 4 is 66.8 Å². The first-order valence-corrected chi connectivity index (χ1v) is 13.2. The monoisotopic (exact) mass is 550 g/mol. The van der Waals surface area contributed by atoms with Gasteiger partial charge >= 0.3 is 0 Å². The second kappa shape index (κ2) is 9.46. The number of hydrogen-bond donors (Lipinski definition) is 2. The van der Waals surface area contributed by atoms with Crippen molar-refractivity contribution in [2.75, 3.05) is 5.75 Å². The Morgan fingerprint density at radius 1 is 1.03 bits per heavy atom. The Balaban J connectivity index is 1.69. The molecule has 2 heterocycles. The van der Waals surface area contributed by atoms with Crippen LogP contribution in [0.15, 0.2) is 63.6 Å². The molecule has 0 aliphatic rings. The lowest BCUT2D eigenvalue weighted by atomic mass is 10.1. The van der Waals surface area contributed by atoms with Crippen LogP contribution in [0.2, 0.25) is 9.36 Å². The number of primary amides is 1. The molecule has 4 rings (SSSR count). The molecule has 3 N–H and O–H groups in total. The summed E-state index contributed by atoms with van der Waals surface area (Å²) < 4.78 is 26.1. The molecule has 180 valence electrons. The van der Waals surface area contributed by atoms with Crippen molar-refractivity contribution in [2.24, 2.45) is 5.73 Å². The normalized spacial score (nSPS) is 11.6. The average molecular weight is 551 g/mol. The van der Waals surface area contributed by atoms with Gasteiger partial charge in [-0.2, -0.15) is 0 Å². The van der Waals surface area contributed by atoms with Crippen LogP contribution in [0.3, 0.4) is 0 Å². The van der Waals surface area contributed by atoms with Crippen LogP contribution in [0.25, 0.3) is 16.5 Å². The van der Waals surface area contributed by atoms with Crippen LogP contribution in [0.5, 0.6) is 5.75 Å². The van der Waals surface area contributed by atoms with Gasteiger partial charge in [-0.25, -0.2) is 8.42 Å². The summed E-state index contributed by atoms with van der Waals surface area (Å²) in [7, 11) is -3.84. The van der Waals surface area contributed by atoms with Crippen molar-refractivity contribution in [1.29, 1.82) is 0 Å². The Morgan fingerprint density at radius 2 is 1.71 bits per heavy atom. The highest BCUT2D eigenvalue weighted by Crippen LogP contribution is 2.31. The molecular weight excluding hydrogens is 535 g/mol. The van der Waals surface area contributed by atoms with E-state index in [2.05, 4.69) is 0 Å². The zero-order valence-electron chi connectivity index (χ0n) is 17.7. The summed E-state index contributed by atoms with van der Waals surface area (Å²) in [6.45, 7) is 0. The van der Waals surface area contributed by atoms with Crippen LogP contribution in [0.4, 0.5) is 0 Å². The number of pyridine rings is 1. The molecule has 0 fully saturated rings. The van der Waals surface area contributed by atoms with Crippen molar-refractivity contribution in [3.8, 4) is 11.4 Å². The van der Waals surface area contributed by atoms with E-state index >= 15 is 0 Å². The first-order valence-electron chi connectivity index (χ1n) is 9.94. The SMILES string of the molecule is NC(=O)c1c(O)c2ccccc2c(=O)n1-c1ccc(CC(=O)CS(=O)(=O)c2ccc(Cl)s2)cc1Cl. The quantitative estimate of drug-likeness (QED) is 0.359. The van der Waals surface area contributed by atoms with Gasteiger partial charge in [0.25, 0.3) is 11.5 Å². The third-order valence-corrected chi connectivity index (χ3v) is 8.95. The molecule has 0 bridgehead atoms. The minimum Gasteiger partial charge on any atom is -0.505 e. The predicted molar refractivity (Wildman–Crippen MR) is 135 cm³/mol. The first-order chi connectivity index (χ1) is 16.5. The van der Waals surface area contributed by atoms with Gasteiger partial charge in [0.15, 0.2) is 27.1 Å². The summed E-state index contributed by atoms with van der Waals surface area (Å²) in [5.41, 5.74) is 4.83. The van der Waals surface area contributed by atoms with E-state index in [0.717, 1.165) is 15.9 Å². The van der Waals surface area contributed by atoms with Crippen molar-refractivity contribution in [3.05, 3.63) is 85.6 Å². The number of nitrogens with zero attached hydrogens (tertiary/aromatic N) is 1. The van der Waals surface area contributed by atoms with Gasteiger partial charge < -0.3 is 10.8 Å². The number of ketones is 1. The standard InChI is InChI=1S/C23H16Cl2N2O6S2/c24-16-10-12(9-13(28)11-35(32,33)19-8-7-18(25)34-19)5-6-17(16)27-20(22(26)30)21(29)14-3-1-2-4-15(14)23(27)31/h1-8,10,29H,9,11H2,(H2,26,30). The first kappa shape index (κ1) is 24.9. The lowest BCUT2D eigenvalue weighted by molar-refractivity contribution is -0.116. The Hall–Kier alpha value is -3.18. The maximum Gasteiger partial charge on any atom is 0.269 e. The van der Waals surface area contributed by atoms with Gasteiger partial charge in [-0.15, -0.1) is 11.3 Å². The molecule has 2 aromatic heterocycles. The number of thiophene rings is 1. The lowest BCUT2D eigenvalue weighted by Gasteiger charge is -2.16. The summed E-state index contributed by atoms with van der Waals surface area (Å²) in [5, 5.41) is 10.9. The van der Waals surface area contributed by atoms with E-state index in [1.165, 1.54) is 42.5 Å². The van der Waals surface area contributed by atoms with Gasteiger partial charge in [0.2, 0.25) is 0 Å². The fourth-order valence-corrected chi connectivity index (χ4v) is 6.76. The second-order valence-electron chi connectivity index (χ2n) is 7.57. The third-order valence-electron chi connectivity index (χ3n) is 5.16. The van der Waals surface area contributed by atoms with E-state index in [4.69, 9.17) is 28.9 Å². The molecular formula is C23H16Cl2N2O6S2. The molecule has 0 atom stereocenters. The summed E-state index contributed by atoms with van der Waals surface area (Å²) in [6.07, 6.45) is -0.237. The van der Waals surface area contributed by atoms with Gasteiger partial charge in [0.1, 0.15) is 9.96 Å². The second-order valence-corrected chi connectivity index (χ2v) is 11.9. The Labute approximate surface area is 213 Å². The van der Waals surface area contributed by atoms with Crippen LogP contribution in [0, 0.1) is 0 Å². The number of halogens is 2. The van der Waals surface area contributed by atoms with Crippen LogP contribution < -0.4 is 11.3 Å². The highest BCUT2D eigenvalue weighted by molar-refractivity contribution is 7.94. The number of carbonyl (C=O) groups is 2. The summed E-state index contributed by atoms with van der Waals surface area (Å²) in [6, 6.07) is 13.2. The third kappa shape index (κ3) is 4.83. The minimum absolute atomic E-state index is 0.00121. The Kier molecular flexibility index (Phi) is 6.74. The number of benzene rings is 2. The number of carbonyl (C=O) groups excluding carboxylic acids is 2. The van der Waals surface area contributed by atoms with Gasteiger partial charge in [0.05, 0.1) is 20.4 Å². The van der Waals surface area contributed by atoms with E-state index in [1.54, 1.807) is 12.1 Å². The molecule has 0 radical (unpaired) electrons. The number of fused-ring (bicyclic) bond motifs is 1. The van der Waals surface area contributed by atoms with Crippen molar-refractivity contribution in [3.63, 3.8) is 0 Å². The number of amides is 1. The number of hydrogen-bond acceptors (Lipinski definition) is 7. The molecule has 0 unspecified atom stereocenters. The molecule has 35 heavy (non-hydrogen) atoms. The number of nitrogens with two attached hydrogens (primary N) is 1. The molecule has 0 saturated carbocycles. The Bertz CT molecular complexity index is 1680. The number of sulfone groups is 1. The van der Waals surface area contributed by atoms with Gasteiger partial charge in [-0.05, 0) is 35.9 Å². The minimum atomic E-state index is -3.84. The number of aromatic hydroxyl groups is 1. The number of aromatic nitrogens is 1. The highest BCUT2D eigenvalue weighted by Gasteiger charge is 2.24. The van der Waals surface area contributed by atoms with Gasteiger partial charge in [-0.3, -0.25) is 19.0 Å². The maximum absolute atomic E-state index is 13.2. The molecule has 0 saturated heterocycles. The summed E-state index contributed by atoms with van der Waals surface area (Å²) in [4.78, 5) is 37.8. The molecule has 8 nitrogen and oxygen atoms in total. The van der Waals surface area contributed by atoms with Crippen LogP contribution in [0.1, 0.15) is 16.1 Å². The highest BCUT2D eigenvalue weighted by atomic mass is 35.5. The molecule has 0 aliphatic carbocycles. The van der Waals surface area contributed by atoms with Crippen molar-refractivity contribution in [1.82, 2.24) is 4.57 Å². The van der Waals surface area contributed by atoms with Crippen molar-refractivity contribution < 1.29 is 23.1 Å². The zero-order valence-corrected chi connectivity index (χ0v) is 20.8. The van der Waals surface area contributed by atoms with E-state index in [1.807, 2.05) is 0 Å². The molecule has 0 spiro atoms. The van der Waals surface area contributed by atoms with E-state index in [0.29, 0.717) is 9.90 Å².